The number of imide groups is 1. The van der Waals surface area contributed by atoms with Gasteiger partial charge in [0.1, 0.15) is 5.70 Å². The van der Waals surface area contributed by atoms with Gasteiger partial charge in [-0.1, -0.05) is 30.3 Å². The predicted molar refractivity (Wildman–Crippen MR) is 121 cm³/mol. The predicted octanol–water partition coefficient (Wildman–Crippen LogP) is 1.44. The minimum Gasteiger partial charge on any atom is -0.395 e. The van der Waals surface area contributed by atoms with Gasteiger partial charge in [-0.3, -0.25) is 10.1 Å². The molecule has 3 heterocycles. The molecule has 11 nitrogen and oxygen atoms in total. The first kappa shape index (κ1) is 20.9. The monoisotopic (exact) mass is 448 g/mol. The van der Waals surface area contributed by atoms with Gasteiger partial charge in [0.05, 0.1) is 18.8 Å². The number of nitrogens with zero attached hydrogens (tertiary/aromatic N) is 5. The van der Waals surface area contributed by atoms with E-state index < -0.39 is 11.9 Å². The molecule has 1 atom stereocenters. The third-order valence-corrected chi connectivity index (χ3v) is 5.66. The van der Waals surface area contributed by atoms with Crippen LogP contribution in [0, 0.1) is 0 Å². The van der Waals surface area contributed by atoms with Gasteiger partial charge in [0.2, 0.25) is 11.9 Å². The normalized spacial score (nSPS) is 17.8. The first-order valence-corrected chi connectivity index (χ1v) is 10.8. The lowest BCUT2D eigenvalue weighted by molar-refractivity contribution is -0.115. The van der Waals surface area contributed by atoms with Gasteiger partial charge in [-0.2, -0.15) is 19.6 Å². The number of fused-ring (bicyclic) bond motifs is 1. The minimum atomic E-state index is -0.570. The number of benzene rings is 1. The Bertz CT molecular complexity index is 1240. The average molecular weight is 448 g/mol. The van der Waals surface area contributed by atoms with E-state index in [0.717, 1.165) is 18.4 Å². The lowest BCUT2D eigenvalue weighted by atomic mass is 10.1. The number of aromatic nitrogens is 4. The number of nitrogens with one attached hydrogen (secondary N) is 3. The second-order valence-corrected chi connectivity index (χ2v) is 8.07. The molecular weight excluding hydrogens is 424 g/mol. The Morgan fingerprint density at radius 1 is 1.24 bits per heavy atom. The topological polar surface area (TPSA) is 137 Å². The molecule has 1 saturated carbocycles. The number of anilines is 2. The van der Waals surface area contributed by atoms with Gasteiger partial charge in [0.15, 0.2) is 5.65 Å². The number of hydrogen-bond donors (Lipinski definition) is 4. The zero-order valence-corrected chi connectivity index (χ0v) is 18.0. The highest BCUT2D eigenvalue weighted by atomic mass is 16.3. The molecule has 0 bridgehead atoms. The Morgan fingerprint density at radius 3 is 2.70 bits per heavy atom. The van der Waals surface area contributed by atoms with Gasteiger partial charge in [0.25, 0.3) is 5.91 Å². The van der Waals surface area contributed by atoms with Crippen LogP contribution in [0.2, 0.25) is 0 Å². The molecule has 170 valence electrons. The van der Waals surface area contributed by atoms with E-state index in [1.54, 1.807) is 10.7 Å². The maximum Gasteiger partial charge on any atom is 0.326 e. The third kappa shape index (κ3) is 4.22. The van der Waals surface area contributed by atoms with E-state index in [4.69, 9.17) is 9.97 Å². The van der Waals surface area contributed by atoms with Crippen LogP contribution >= 0.6 is 0 Å². The summed E-state index contributed by atoms with van der Waals surface area (Å²) in [6.45, 7) is 2.29. The molecule has 2 fully saturated rings. The van der Waals surface area contributed by atoms with Crippen LogP contribution in [0.5, 0.6) is 0 Å². The SMILES string of the molecule is C[C@H](c1ccccc1)N(CCO)c1nc(NC2CC2)n2ncc(/C=C3\NC(=O)NC3=O)c2n1. The van der Waals surface area contributed by atoms with Crippen molar-refractivity contribution in [1.29, 1.82) is 0 Å². The highest BCUT2D eigenvalue weighted by molar-refractivity contribution is 6.14. The molecule has 3 amide bonds. The number of rotatable bonds is 8. The number of aliphatic hydroxyl groups excluding tert-OH is 1. The van der Waals surface area contributed by atoms with Gasteiger partial charge >= 0.3 is 6.03 Å². The van der Waals surface area contributed by atoms with Gasteiger partial charge in [0, 0.05) is 18.2 Å². The molecule has 1 aromatic carbocycles. The molecular formula is C22H24N8O3. The zero-order chi connectivity index (χ0) is 22.9. The summed E-state index contributed by atoms with van der Waals surface area (Å²) in [4.78, 5) is 34.9. The lowest BCUT2D eigenvalue weighted by Gasteiger charge is -2.29. The van der Waals surface area contributed by atoms with Crippen molar-refractivity contribution in [2.75, 3.05) is 23.4 Å². The summed E-state index contributed by atoms with van der Waals surface area (Å²) >= 11 is 0. The Hall–Kier alpha value is -3.99. The molecule has 33 heavy (non-hydrogen) atoms. The molecule has 4 N–H and O–H groups in total. The van der Waals surface area contributed by atoms with Crippen molar-refractivity contribution in [3.05, 3.63) is 53.4 Å². The fraction of sp³-hybridized carbons (Fsp3) is 0.318. The van der Waals surface area contributed by atoms with Gasteiger partial charge in [-0.25, -0.2) is 4.79 Å². The Labute approximate surface area is 189 Å². The molecule has 11 heteroatoms. The fourth-order valence-electron chi connectivity index (χ4n) is 3.74. The smallest absolute Gasteiger partial charge is 0.326 e. The largest absolute Gasteiger partial charge is 0.395 e. The van der Waals surface area contributed by atoms with Crippen LogP contribution in [0.25, 0.3) is 11.7 Å². The third-order valence-electron chi connectivity index (χ3n) is 5.66. The molecule has 2 aromatic heterocycles. The van der Waals surface area contributed by atoms with Crippen LogP contribution in [-0.4, -0.2) is 55.8 Å². The van der Waals surface area contributed by atoms with Crippen LogP contribution in [0.4, 0.5) is 16.7 Å². The molecule has 0 spiro atoms. The molecule has 5 rings (SSSR count). The Morgan fingerprint density at radius 2 is 2.03 bits per heavy atom. The minimum absolute atomic E-state index is 0.0700. The molecule has 1 aliphatic heterocycles. The Balaban J connectivity index is 1.60. The maximum absolute atomic E-state index is 12.0. The number of aliphatic hydroxyl groups is 1. The highest BCUT2D eigenvalue weighted by Crippen LogP contribution is 2.29. The van der Waals surface area contributed by atoms with E-state index in [2.05, 4.69) is 21.0 Å². The van der Waals surface area contributed by atoms with Crippen molar-refractivity contribution in [2.24, 2.45) is 0 Å². The number of amides is 3. The van der Waals surface area contributed by atoms with Crippen molar-refractivity contribution in [2.45, 2.75) is 31.8 Å². The van der Waals surface area contributed by atoms with Crippen molar-refractivity contribution in [3.63, 3.8) is 0 Å². The van der Waals surface area contributed by atoms with E-state index >= 15 is 0 Å². The van der Waals surface area contributed by atoms with Gasteiger partial charge < -0.3 is 20.6 Å². The standard InChI is InChI=1S/C22H24N8O3/c1-13(14-5-3-2-4-6-14)29(9-10-31)20-26-18-15(11-17-19(32)27-22(33)25-17)12-23-30(18)21(28-20)24-16-7-8-16/h2-6,11-13,16,31H,7-10H2,1H3,(H,24,26,28)(H2,25,27,32,33)/b17-11-/t13-/m1/s1. The van der Waals surface area contributed by atoms with E-state index in [0.29, 0.717) is 35.7 Å². The quantitative estimate of drug-likeness (QED) is 0.300. The number of carbonyl (C=O) groups is 2. The Kier molecular flexibility index (Phi) is 5.38. The first-order valence-electron chi connectivity index (χ1n) is 10.8. The molecule has 3 aromatic rings. The van der Waals surface area contributed by atoms with Crippen LogP contribution in [0.3, 0.4) is 0 Å². The zero-order valence-electron chi connectivity index (χ0n) is 18.0. The summed E-state index contributed by atoms with van der Waals surface area (Å²) < 4.78 is 1.59. The number of urea groups is 1. The number of hydrogen-bond acceptors (Lipinski definition) is 8. The van der Waals surface area contributed by atoms with Crippen molar-refractivity contribution >= 4 is 35.6 Å². The van der Waals surface area contributed by atoms with Crippen LogP contribution in [0.1, 0.15) is 36.9 Å². The van der Waals surface area contributed by atoms with Gasteiger partial charge in [-0.05, 0) is 31.4 Å². The highest BCUT2D eigenvalue weighted by Gasteiger charge is 2.27. The van der Waals surface area contributed by atoms with Crippen LogP contribution in [0.15, 0.2) is 42.2 Å². The average Bonchev–Trinajstić information content (AvgIpc) is 3.45. The van der Waals surface area contributed by atoms with E-state index in [1.807, 2.05) is 42.2 Å². The maximum atomic E-state index is 12.0. The molecule has 1 saturated heterocycles. The van der Waals surface area contributed by atoms with E-state index in [1.165, 1.54) is 6.08 Å². The summed E-state index contributed by atoms with van der Waals surface area (Å²) in [5, 5.41) is 22.2. The lowest BCUT2D eigenvalue weighted by Crippen LogP contribution is -2.32. The summed E-state index contributed by atoms with van der Waals surface area (Å²) in [5.41, 5.74) is 2.22. The number of carbonyl (C=O) groups excluding carboxylic acids is 2. The summed E-state index contributed by atoms with van der Waals surface area (Å²) in [6.07, 6.45) is 5.21. The van der Waals surface area contributed by atoms with E-state index in [-0.39, 0.29) is 18.3 Å². The van der Waals surface area contributed by atoms with E-state index in [9.17, 15) is 14.7 Å². The van der Waals surface area contributed by atoms with Crippen molar-refractivity contribution in [3.8, 4) is 0 Å². The molecule has 1 aliphatic carbocycles. The summed E-state index contributed by atoms with van der Waals surface area (Å²) in [5.74, 6) is 0.450. The first-order chi connectivity index (χ1) is 16.0. The molecule has 2 aliphatic rings. The van der Waals surface area contributed by atoms with Crippen LogP contribution in [-0.2, 0) is 4.79 Å². The second kappa shape index (κ2) is 8.51. The molecule has 0 radical (unpaired) electrons. The fourth-order valence-corrected chi connectivity index (χ4v) is 3.74. The van der Waals surface area contributed by atoms with Crippen LogP contribution < -0.4 is 20.9 Å². The van der Waals surface area contributed by atoms with Gasteiger partial charge in [-0.15, -0.1) is 0 Å². The van der Waals surface area contributed by atoms with Crippen molar-refractivity contribution < 1.29 is 14.7 Å². The second-order valence-electron chi connectivity index (χ2n) is 8.07. The van der Waals surface area contributed by atoms with Crippen molar-refractivity contribution in [1.82, 2.24) is 30.2 Å². The molecule has 0 unspecified atom stereocenters. The summed E-state index contributed by atoms with van der Waals surface area (Å²) in [7, 11) is 0. The summed E-state index contributed by atoms with van der Waals surface area (Å²) in [6, 6.07) is 9.58.